The summed E-state index contributed by atoms with van der Waals surface area (Å²) in [7, 11) is 6.31. The Bertz CT molecular complexity index is 1140. The van der Waals surface area contributed by atoms with Crippen LogP contribution in [0.3, 0.4) is 0 Å². The Labute approximate surface area is 230 Å². The minimum atomic E-state index is -4.65. The zero-order valence-electron chi connectivity index (χ0n) is 22.0. The molecule has 2 aromatic rings. The van der Waals surface area contributed by atoms with Gasteiger partial charge >= 0.3 is 6.18 Å². The van der Waals surface area contributed by atoms with Crippen LogP contribution in [0.5, 0.6) is 0 Å². The first kappa shape index (κ1) is 30.8. The Morgan fingerprint density at radius 1 is 1.21 bits per heavy atom. The molecule has 39 heavy (non-hydrogen) atoms. The van der Waals surface area contributed by atoms with E-state index in [1.165, 1.54) is 6.92 Å². The van der Waals surface area contributed by atoms with E-state index >= 15 is 0 Å². The van der Waals surface area contributed by atoms with E-state index in [0.717, 1.165) is 37.4 Å². The van der Waals surface area contributed by atoms with Crippen LogP contribution in [0.2, 0.25) is 0 Å². The summed E-state index contributed by atoms with van der Waals surface area (Å²) in [5.41, 5.74) is -0.547. The van der Waals surface area contributed by atoms with Gasteiger partial charge in [0.15, 0.2) is 0 Å². The van der Waals surface area contributed by atoms with Crippen LogP contribution >= 0.6 is 0 Å². The molecule has 1 saturated carbocycles. The highest BCUT2D eigenvalue weighted by atomic mass is 32.2. The zero-order chi connectivity index (χ0) is 28.6. The predicted molar refractivity (Wildman–Crippen MR) is 146 cm³/mol. The van der Waals surface area contributed by atoms with Crippen LogP contribution < -0.4 is 20.7 Å². The number of halogens is 3. The molecule has 0 aliphatic heterocycles. The summed E-state index contributed by atoms with van der Waals surface area (Å²) in [6, 6.07) is 6.85. The number of amides is 1. The van der Waals surface area contributed by atoms with Crippen LogP contribution in [0.1, 0.15) is 76.0 Å². The number of nitrogens with zero attached hydrogens (tertiary/aromatic N) is 2. The van der Waals surface area contributed by atoms with Gasteiger partial charge in [-0.25, -0.2) is 13.9 Å². The monoisotopic (exact) mass is 566 g/mol. The van der Waals surface area contributed by atoms with E-state index in [1.807, 2.05) is 6.92 Å². The van der Waals surface area contributed by atoms with Gasteiger partial charge in [0.25, 0.3) is 0 Å². The third-order valence-electron chi connectivity index (χ3n) is 6.76. The number of aromatic nitrogens is 2. The van der Waals surface area contributed by atoms with Crippen molar-refractivity contribution in [3.63, 3.8) is 0 Å². The standard InChI is InChI=1S/C25H34BF3N6O3S/c1-16(32-17(2)36)19-7-9-20(10-8-19)33-23-31-15-21(25(27,28)29)22(34-23)30-14-18-6-4-3-5-12-24(26,13-11-18)35-39(37)38/h7-10,15-16,18,35H,3-6,11-14H2,1-2H3,(H,32,36)(H,37,38)(H2,30,31,33,34)/t16-,18?,24?/m1/s1. The van der Waals surface area contributed by atoms with Gasteiger partial charge in [-0.3, -0.25) is 9.35 Å². The lowest BCUT2D eigenvalue weighted by atomic mass is 9.71. The number of benzene rings is 1. The molecule has 3 rings (SSSR count). The Morgan fingerprint density at radius 2 is 1.92 bits per heavy atom. The van der Waals surface area contributed by atoms with Crippen molar-refractivity contribution in [2.45, 2.75) is 76.4 Å². The van der Waals surface area contributed by atoms with E-state index < -0.39 is 28.4 Å². The minimum absolute atomic E-state index is 0.00164. The molecule has 1 amide bonds. The van der Waals surface area contributed by atoms with E-state index in [2.05, 4.69) is 30.6 Å². The number of carbonyl (C=O) groups is 1. The van der Waals surface area contributed by atoms with Crippen LogP contribution in [0.15, 0.2) is 30.5 Å². The summed E-state index contributed by atoms with van der Waals surface area (Å²) in [6.07, 6.45) is 0.920. The molecular weight excluding hydrogens is 532 g/mol. The largest absolute Gasteiger partial charge is 0.421 e. The SMILES string of the molecule is [B]C1(NS(=O)O)CCCCCC(CNc2nc(Nc3ccc([C@@H](C)NC(C)=O)cc3)ncc2C(F)(F)F)CC1. The number of nitrogens with one attached hydrogen (secondary N) is 4. The van der Waals surface area contributed by atoms with Gasteiger partial charge in [0.1, 0.15) is 11.4 Å². The maximum absolute atomic E-state index is 13.7. The fourth-order valence-electron chi connectivity index (χ4n) is 4.66. The lowest BCUT2D eigenvalue weighted by molar-refractivity contribution is -0.137. The molecule has 1 aromatic carbocycles. The molecule has 1 aliphatic carbocycles. The first-order valence-electron chi connectivity index (χ1n) is 12.8. The predicted octanol–water partition coefficient (Wildman–Crippen LogP) is 4.80. The summed E-state index contributed by atoms with van der Waals surface area (Å²) >= 11 is -2.26. The molecule has 2 radical (unpaired) electrons. The van der Waals surface area contributed by atoms with E-state index in [9.17, 15) is 26.7 Å². The van der Waals surface area contributed by atoms with Crippen LogP contribution in [-0.2, 0) is 22.2 Å². The van der Waals surface area contributed by atoms with E-state index in [4.69, 9.17) is 7.85 Å². The fourth-order valence-corrected chi connectivity index (χ4v) is 5.21. The normalized spacial score (nSPS) is 22.1. The molecule has 1 aliphatic rings. The Kier molecular flexibility index (Phi) is 10.7. The molecule has 9 nitrogen and oxygen atoms in total. The van der Waals surface area contributed by atoms with Gasteiger partial charge in [-0.2, -0.15) is 18.2 Å². The summed E-state index contributed by atoms with van der Waals surface area (Å²) in [6.45, 7) is 3.51. The highest BCUT2D eigenvalue weighted by molar-refractivity contribution is 7.77. The first-order chi connectivity index (χ1) is 18.3. The number of rotatable bonds is 9. The van der Waals surface area contributed by atoms with E-state index in [-0.39, 0.29) is 36.2 Å². The van der Waals surface area contributed by atoms with Gasteiger partial charge in [-0.15, -0.1) is 0 Å². The molecule has 0 saturated heterocycles. The maximum Gasteiger partial charge on any atom is 0.421 e. The van der Waals surface area contributed by atoms with Crippen molar-refractivity contribution in [3.8, 4) is 0 Å². The molecule has 0 spiro atoms. The van der Waals surface area contributed by atoms with Crippen LogP contribution in [-0.4, -0.2) is 44.5 Å². The number of carbonyl (C=O) groups excluding carboxylic acids is 1. The third kappa shape index (κ3) is 9.77. The van der Waals surface area contributed by atoms with Crippen LogP contribution in [0.4, 0.5) is 30.6 Å². The Morgan fingerprint density at radius 3 is 2.56 bits per heavy atom. The number of hydrogen-bond acceptors (Lipinski definition) is 6. The summed E-state index contributed by atoms with van der Waals surface area (Å²) in [4.78, 5) is 19.3. The smallest absolute Gasteiger partial charge is 0.369 e. The molecular formula is C25H34BF3N6O3S. The minimum Gasteiger partial charge on any atom is -0.369 e. The molecule has 3 unspecified atom stereocenters. The molecule has 1 aromatic heterocycles. The van der Waals surface area contributed by atoms with Gasteiger partial charge in [-0.1, -0.05) is 31.4 Å². The third-order valence-corrected chi connectivity index (χ3v) is 7.34. The average molecular weight is 566 g/mol. The number of hydrogen-bond donors (Lipinski definition) is 5. The average Bonchev–Trinajstić information content (AvgIpc) is 2.92. The van der Waals surface area contributed by atoms with Gasteiger partial charge in [0.2, 0.25) is 23.1 Å². The lowest BCUT2D eigenvalue weighted by Crippen LogP contribution is -2.46. The molecule has 0 bridgehead atoms. The van der Waals surface area contributed by atoms with Crippen molar-refractivity contribution in [2.24, 2.45) is 5.92 Å². The van der Waals surface area contributed by atoms with Crippen molar-refractivity contribution < 1.29 is 26.7 Å². The maximum atomic E-state index is 13.7. The van der Waals surface area contributed by atoms with Gasteiger partial charge < -0.3 is 16.0 Å². The molecule has 1 fully saturated rings. The van der Waals surface area contributed by atoms with Gasteiger partial charge in [0, 0.05) is 25.4 Å². The second-order valence-electron chi connectivity index (χ2n) is 10.0. The highest BCUT2D eigenvalue weighted by Gasteiger charge is 2.35. The molecule has 212 valence electrons. The van der Waals surface area contributed by atoms with Crippen molar-refractivity contribution in [1.82, 2.24) is 20.0 Å². The lowest BCUT2D eigenvalue weighted by Gasteiger charge is -2.30. The summed E-state index contributed by atoms with van der Waals surface area (Å²) in [5, 5.41) is 8.59. The van der Waals surface area contributed by atoms with Crippen molar-refractivity contribution in [3.05, 3.63) is 41.6 Å². The van der Waals surface area contributed by atoms with Gasteiger partial charge in [-0.05, 0) is 61.7 Å². The Balaban J connectivity index is 1.72. The first-order valence-corrected chi connectivity index (χ1v) is 13.9. The summed E-state index contributed by atoms with van der Waals surface area (Å²) in [5.74, 6) is -0.494. The van der Waals surface area contributed by atoms with E-state index in [0.29, 0.717) is 24.9 Å². The quantitative estimate of drug-likeness (QED) is 0.218. The molecule has 14 heteroatoms. The van der Waals surface area contributed by atoms with Crippen molar-refractivity contribution >= 4 is 42.5 Å². The highest BCUT2D eigenvalue weighted by Crippen LogP contribution is 2.35. The number of alkyl halides is 3. The van der Waals surface area contributed by atoms with E-state index in [1.54, 1.807) is 24.3 Å². The molecule has 1 heterocycles. The van der Waals surface area contributed by atoms with Crippen molar-refractivity contribution in [2.75, 3.05) is 17.2 Å². The Hall–Kier alpha value is -2.71. The van der Waals surface area contributed by atoms with Gasteiger partial charge in [0.05, 0.1) is 13.9 Å². The topological polar surface area (TPSA) is 128 Å². The molecule has 5 N–H and O–H groups in total. The van der Waals surface area contributed by atoms with Crippen LogP contribution in [0.25, 0.3) is 0 Å². The van der Waals surface area contributed by atoms with Crippen molar-refractivity contribution in [1.29, 1.82) is 0 Å². The fraction of sp³-hybridized carbons (Fsp3) is 0.560. The van der Waals surface area contributed by atoms with Crippen LogP contribution in [0, 0.1) is 5.92 Å². The second-order valence-corrected chi connectivity index (χ2v) is 10.7. The zero-order valence-corrected chi connectivity index (χ0v) is 22.8. The molecule has 4 atom stereocenters. The summed E-state index contributed by atoms with van der Waals surface area (Å²) < 4.78 is 64.3. The number of anilines is 3. The second kappa shape index (κ2) is 13.6.